The summed E-state index contributed by atoms with van der Waals surface area (Å²) in [5.74, 6) is -1.47. The third-order valence-corrected chi connectivity index (χ3v) is 6.97. The lowest BCUT2D eigenvalue weighted by Crippen LogP contribution is -2.44. The number of amides is 1. The zero-order chi connectivity index (χ0) is 18.1. The molecule has 2 aromatic rings. The summed E-state index contributed by atoms with van der Waals surface area (Å²) in [5.41, 5.74) is -0.0812. The van der Waals surface area contributed by atoms with Crippen molar-refractivity contribution in [2.75, 3.05) is 5.32 Å². The fourth-order valence-corrected chi connectivity index (χ4v) is 3.87. The van der Waals surface area contributed by atoms with E-state index < -0.39 is 26.3 Å². The van der Waals surface area contributed by atoms with Crippen molar-refractivity contribution in [2.24, 2.45) is 0 Å². The van der Waals surface area contributed by atoms with Crippen LogP contribution < -0.4 is 5.32 Å². The molecule has 128 valence electrons. The summed E-state index contributed by atoms with van der Waals surface area (Å²) in [6.07, 6.45) is 0. The van der Waals surface area contributed by atoms with Gasteiger partial charge in [0.25, 0.3) is 0 Å². The second-order valence-corrected chi connectivity index (χ2v) is 9.88. The molecule has 4 nitrogen and oxygen atoms in total. The second kappa shape index (κ2) is 6.93. The highest BCUT2D eigenvalue weighted by Crippen LogP contribution is 2.29. The Labute approximate surface area is 156 Å². The molecule has 24 heavy (non-hydrogen) atoms. The van der Waals surface area contributed by atoms with Crippen LogP contribution in [-0.4, -0.2) is 19.1 Å². The molecule has 0 radical (unpaired) electrons. The Morgan fingerprint density at radius 1 is 1.04 bits per heavy atom. The topological polar surface area (TPSA) is 63.2 Å². The van der Waals surface area contributed by atoms with Crippen LogP contribution in [0, 0.1) is 5.82 Å². The molecule has 2 rings (SSSR count). The monoisotopic (exact) mass is 477 g/mol. The number of anilines is 1. The van der Waals surface area contributed by atoms with Gasteiger partial charge < -0.3 is 5.32 Å². The largest absolute Gasteiger partial charge is 0.322 e. The summed E-state index contributed by atoms with van der Waals surface area (Å²) < 4.78 is 38.8. The van der Waals surface area contributed by atoms with Gasteiger partial charge >= 0.3 is 0 Å². The van der Waals surface area contributed by atoms with Crippen LogP contribution in [-0.2, 0) is 14.6 Å². The van der Waals surface area contributed by atoms with Gasteiger partial charge in [-0.1, -0.05) is 31.9 Å². The molecule has 0 bridgehead atoms. The van der Waals surface area contributed by atoms with Crippen LogP contribution in [0.1, 0.15) is 13.8 Å². The summed E-state index contributed by atoms with van der Waals surface area (Å²) in [5, 5.41) is 2.34. The quantitative estimate of drug-likeness (QED) is 0.701. The Hall–Kier alpha value is -1.25. The van der Waals surface area contributed by atoms with E-state index in [1.807, 2.05) is 0 Å². The van der Waals surface area contributed by atoms with Gasteiger partial charge in [-0.15, -0.1) is 0 Å². The molecular formula is C16H14Br2FNO3S. The highest BCUT2D eigenvalue weighted by Gasteiger charge is 2.43. The normalized spacial score (nSPS) is 12.0. The number of carbonyl (C=O) groups is 1. The van der Waals surface area contributed by atoms with Crippen LogP contribution in [0.5, 0.6) is 0 Å². The summed E-state index contributed by atoms with van der Waals surface area (Å²) >= 11 is 6.35. The van der Waals surface area contributed by atoms with Crippen molar-refractivity contribution in [3.63, 3.8) is 0 Å². The van der Waals surface area contributed by atoms with E-state index in [2.05, 4.69) is 37.2 Å². The van der Waals surface area contributed by atoms with Crippen molar-refractivity contribution < 1.29 is 17.6 Å². The fraction of sp³-hybridized carbons (Fsp3) is 0.188. The zero-order valence-corrected chi connectivity index (χ0v) is 16.8. The Bertz CT molecular complexity index is 881. The molecule has 0 spiro atoms. The van der Waals surface area contributed by atoms with E-state index in [0.717, 1.165) is 4.47 Å². The molecule has 2 aromatic carbocycles. The molecule has 0 saturated heterocycles. The first-order valence-electron chi connectivity index (χ1n) is 6.82. The summed E-state index contributed by atoms with van der Waals surface area (Å²) in [6, 6.07) is 10.1. The lowest BCUT2D eigenvalue weighted by atomic mass is 10.2. The molecule has 0 atom stereocenters. The Kier molecular flexibility index (Phi) is 5.51. The van der Waals surface area contributed by atoms with Crippen LogP contribution in [0.15, 0.2) is 56.3 Å². The zero-order valence-electron chi connectivity index (χ0n) is 12.8. The average molecular weight is 479 g/mol. The Morgan fingerprint density at radius 3 is 2.12 bits per heavy atom. The maximum Gasteiger partial charge on any atom is 0.245 e. The van der Waals surface area contributed by atoms with Gasteiger partial charge in [0.05, 0.1) is 10.6 Å². The smallest absolute Gasteiger partial charge is 0.245 e. The van der Waals surface area contributed by atoms with Gasteiger partial charge in [0.15, 0.2) is 9.84 Å². The average Bonchev–Trinajstić information content (AvgIpc) is 2.50. The van der Waals surface area contributed by atoms with Gasteiger partial charge in [-0.3, -0.25) is 4.79 Å². The van der Waals surface area contributed by atoms with Crippen molar-refractivity contribution in [3.8, 4) is 0 Å². The number of hydrogen-bond acceptors (Lipinski definition) is 3. The predicted molar refractivity (Wildman–Crippen MR) is 98.1 cm³/mol. The predicted octanol–water partition coefficient (Wildman–Crippen LogP) is 4.54. The third-order valence-electron chi connectivity index (χ3n) is 3.52. The van der Waals surface area contributed by atoms with Crippen LogP contribution >= 0.6 is 31.9 Å². The number of hydrogen-bond donors (Lipinski definition) is 1. The SMILES string of the molecule is CC(C)(C(=O)Nc1ccc(Br)cc1F)S(=O)(=O)c1ccc(Br)cc1. The molecule has 0 aliphatic carbocycles. The highest BCUT2D eigenvalue weighted by molar-refractivity contribution is 9.10. The Morgan fingerprint density at radius 2 is 1.58 bits per heavy atom. The lowest BCUT2D eigenvalue weighted by molar-refractivity contribution is -0.117. The number of carbonyl (C=O) groups excluding carboxylic acids is 1. The second-order valence-electron chi connectivity index (χ2n) is 5.55. The van der Waals surface area contributed by atoms with Crippen molar-refractivity contribution in [1.82, 2.24) is 0 Å². The third kappa shape index (κ3) is 3.70. The van der Waals surface area contributed by atoms with Crippen molar-refractivity contribution in [1.29, 1.82) is 0 Å². The maximum absolute atomic E-state index is 13.9. The summed E-state index contributed by atoms with van der Waals surface area (Å²) in [7, 11) is -3.96. The van der Waals surface area contributed by atoms with E-state index in [-0.39, 0.29) is 10.6 Å². The van der Waals surface area contributed by atoms with Crippen molar-refractivity contribution in [3.05, 3.63) is 57.2 Å². The number of nitrogens with one attached hydrogen (secondary N) is 1. The molecule has 0 unspecified atom stereocenters. The molecule has 8 heteroatoms. The van der Waals surface area contributed by atoms with Crippen molar-refractivity contribution >= 4 is 53.3 Å². The first kappa shape index (κ1) is 19.1. The maximum atomic E-state index is 13.9. The van der Waals surface area contributed by atoms with E-state index in [1.54, 1.807) is 18.2 Å². The first-order chi connectivity index (χ1) is 11.1. The lowest BCUT2D eigenvalue weighted by Gasteiger charge is -2.24. The number of sulfone groups is 1. The van der Waals surface area contributed by atoms with Gasteiger partial charge in [0, 0.05) is 8.95 Å². The fourth-order valence-electron chi connectivity index (χ4n) is 1.89. The van der Waals surface area contributed by atoms with E-state index in [1.165, 1.54) is 38.1 Å². The molecule has 0 saturated carbocycles. The van der Waals surface area contributed by atoms with Crippen LogP contribution in [0.3, 0.4) is 0 Å². The number of benzene rings is 2. The van der Waals surface area contributed by atoms with Gasteiger partial charge in [0.1, 0.15) is 10.6 Å². The molecule has 1 N–H and O–H groups in total. The minimum atomic E-state index is -3.96. The first-order valence-corrected chi connectivity index (χ1v) is 9.89. The molecule has 0 fully saturated rings. The molecule has 0 aliphatic heterocycles. The van der Waals surface area contributed by atoms with Crippen molar-refractivity contribution in [2.45, 2.75) is 23.5 Å². The highest BCUT2D eigenvalue weighted by atomic mass is 79.9. The number of halogens is 3. The number of rotatable bonds is 4. The van der Waals surface area contributed by atoms with Crippen LogP contribution in [0.2, 0.25) is 0 Å². The summed E-state index contributed by atoms with van der Waals surface area (Å²) in [4.78, 5) is 12.5. The molecule has 0 aliphatic rings. The minimum absolute atomic E-state index is 0.0159. The van der Waals surface area contributed by atoms with Gasteiger partial charge in [-0.25, -0.2) is 12.8 Å². The molecule has 0 aromatic heterocycles. The van der Waals surface area contributed by atoms with E-state index in [9.17, 15) is 17.6 Å². The van der Waals surface area contributed by atoms with E-state index in [4.69, 9.17) is 0 Å². The molecule has 0 heterocycles. The van der Waals surface area contributed by atoms with Crippen LogP contribution in [0.25, 0.3) is 0 Å². The molecule has 1 amide bonds. The minimum Gasteiger partial charge on any atom is -0.322 e. The standard InChI is InChI=1S/C16H14Br2FNO3S/c1-16(2,24(22,23)12-6-3-10(17)4-7-12)15(21)20-14-8-5-11(18)9-13(14)19/h3-9H,1-2H3,(H,20,21). The summed E-state index contributed by atoms with van der Waals surface area (Å²) in [6.45, 7) is 2.58. The van der Waals surface area contributed by atoms with Crippen LogP contribution in [0.4, 0.5) is 10.1 Å². The van der Waals surface area contributed by atoms with Gasteiger partial charge in [-0.2, -0.15) is 0 Å². The molecular weight excluding hydrogens is 465 g/mol. The van der Waals surface area contributed by atoms with E-state index >= 15 is 0 Å². The van der Waals surface area contributed by atoms with E-state index in [0.29, 0.717) is 4.47 Å². The Balaban J connectivity index is 2.34. The van der Waals surface area contributed by atoms with Gasteiger partial charge in [0.2, 0.25) is 5.91 Å². The van der Waals surface area contributed by atoms with Gasteiger partial charge in [-0.05, 0) is 56.3 Å².